The van der Waals surface area contributed by atoms with Crippen LogP contribution < -0.4 is 5.73 Å². The molecule has 2 N–H and O–H groups in total. The molecule has 64 valence electrons. The van der Waals surface area contributed by atoms with E-state index in [1.165, 1.54) is 25.9 Å². The van der Waals surface area contributed by atoms with Gasteiger partial charge in [0, 0.05) is 12.6 Å². The van der Waals surface area contributed by atoms with Crippen LogP contribution in [0.15, 0.2) is 0 Å². The summed E-state index contributed by atoms with van der Waals surface area (Å²) in [6.45, 7) is 4.89. The Kier molecular flexibility index (Phi) is 1.52. The summed E-state index contributed by atoms with van der Waals surface area (Å²) in [7, 11) is 2.21. The van der Waals surface area contributed by atoms with Crippen LogP contribution in [0.4, 0.5) is 0 Å². The molecule has 2 nitrogen and oxygen atoms in total. The Morgan fingerprint density at radius 3 is 2.55 bits per heavy atom. The molecule has 0 aromatic carbocycles. The first-order chi connectivity index (χ1) is 5.13. The summed E-state index contributed by atoms with van der Waals surface area (Å²) in [5.41, 5.74) is 6.41. The van der Waals surface area contributed by atoms with Crippen LogP contribution in [0.2, 0.25) is 0 Å². The van der Waals surface area contributed by atoms with Gasteiger partial charge in [0.05, 0.1) is 0 Å². The Bertz CT molecular complexity index is 169. The van der Waals surface area contributed by atoms with E-state index in [-0.39, 0.29) is 0 Å². The summed E-state index contributed by atoms with van der Waals surface area (Å²) in [6, 6.07) is 0.499. The normalized spacial score (nSPS) is 51.5. The van der Waals surface area contributed by atoms with Gasteiger partial charge in [-0.2, -0.15) is 0 Å². The highest BCUT2D eigenvalue weighted by molar-refractivity contribution is 5.08. The highest BCUT2D eigenvalue weighted by Crippen LogP contribution is 2.52. The van der Waals surface area contributed by atoms with Crippen molar-refractivity contribution in [1.82, 2.24) is 4.90 Å². The van der Waals surface area contributed by atoms with Gasteiger partial charge in [-0.25, -0.2) is 0 Å². The first kappa shape index (κ1) is 7.56. The zero-order valence-corrected chi connectivity index (χ0v) is 7.51. The molecule has 3 unspecified atom stereocenters. The van der Waals surface area contributed by atoms with Gasteiger partial charge in [-0.15, -0.1) is 0 Å². The average molecular weight is 154 g/mol. The molecule has 1 saturated heterocycles. The second-order valence-corrected chi connectivity index (χ2v) is 4.56. The maximum absolute atomic E-state index is 5.91. The molecule has 0 aromatic heterocycles. The van der Waals surface area contributed by atoms with Crippen molar-refractivity contribution in [3.05, 3.63) is 0 Å². The standard InChI is InChI=1S/C9H18N2/c1-9(5-8(9)10)7-3-4-11(2)6-7/h7-8H,3-6,10H2,1-2H3. The van der Waals surface area contributed by atoms with E-state index >= 15 is 0 Å². The minimum absolute atomic E-state index is 0.499. The molecule has 2 rings (SSSR count). The molecule has 1 aliphatic heterocycles. The molecular weight excluding hydrogens is 136 g/mol. The number of hydrogen-bond donors (Lipinski definition) is 1. The minimum Gasteiger partial charge on any atom is -0.327 e. The smallest absolute Gasteiger partial charge is 0.0102 e. The molecule has 0 spiro atoms. The number of likely N-dealkylation sites (tertiary alicyclic amines) is 1. The van der Waals surface area contributed by atoms with E-state index in [1.807, 2.05) is 0 Å². The van der Waals surface area contributed by atoms with Crippen molar-refractivity contribution in [2.24, 2.45) is 17.1 Å². The van der Waals surface area contributed by atoms with Crippen molar-refractivity contribution in [2.45, 2.75) is 25.8 Å². The fraction of sp³-hybridized carbons (Fsp3) is 1.00. The van der Waals surface area contributed by atoms with Crippen LogP contribution in [0.5, 0.6) is 0 Å². The van der Waals surface area contributed by atoms with Gasteiger partial charge < -0.3 is 10.6 Å². The third-order valence-electron chi connectivity index (χ3n) is 3.67. The second-order valence-electron chi connectivity index (χ2n) is 4.56. The maximum Gasteiger partial charge on any atom is 0.0102 e. The second kappa shape index (κ2) is 2.20. The van der Waals surface area contributed by atoms with Gasteiger partial charge in [-0.05, 0) is 37.8 Å². The van der Waals surface area contributed by atoms with Crippen molar-refractivity contribution in [3.63, 3.8) is 0 Å². The Hall–Kier alpha value is -0.0800. The van der Waals surface area contributed by atoms with Crippen molar-refractivity contribution >= 4 is 0 Å². The fourth-order valence-electron chi connectivity index (χ4n) is 2.36. The zero-order valence-electron chi connectivity index (χ0n) is 7.51. The van der Waals surface area contributed by atoms with Crippen LogP contribution in [-0.4, -0.2) is 31.1 Å². The Labute approximate surface area is 68.7 Å². The lowest BCUT2D eigenvalue weighted by Crippen LogP contribution is -2.23. The lowest BCUT2D eigenvalue weighted by Gasteiger charge is -2.18. The van der Waals surface area contributed by atoms with Crippen LogP contribution in [-0.2, 0) is 0 Å². The SMILES string of the molecule is CN1CCC(C2(C)CC2N)C1. The topological polar surface area (TPSA) is 29.3 Å². The lowest BCUT2D eigenvalue weighted by atomic mass is 9.89. The average Bonchev–Trinajstić information content (AvgIpc) is 2.44. The van der Waals surface area contributed by atoms with E-state index < -0.39 is 0 Å². The van der Waals surface area contributed by atoms with Gasteiger partial charge in [0.25, 0.3) is 0 Å². The summed E-state index contributed by atoms with van der Waals surface area (Å²) in [6.07, 6.45) is 2.62. The van der Waals surface area contributed by atoms with Gasteiger partial charge in [0.2, 0.25) is 0 Å². The van der Waals surface area contributed by atoms with E-state index in [0.717, 1.165) is 5.92 Å². The number of hydrogen-bond acceptors (Lipinski definition) is 2. The summed E-state index contributed by atoms with van der Waals surface area (Å²) < 4.78 is 0. The molecule has 3 atom stereocenters. The van der Waals surface area contributed by atoms with Gasteiger partial charge in [0.15, 0.2) is 0 Å². The third kappa shape index (κ3) is 1.09. The highest BCUT2D eigenvalue weighted by atomic mass is 15.1. The Morgan fingerprint density at radius 2 is 2.18 bits per heavy atom. The van der Waals surface area contributed by atoms with Crippen LogP contribution >= 0.6 is 0 Å². The Balaban J connectivity index is 1.97. The van der Waals surface area contributed by atoms with Crippen LogP contribution in [0.25, 0.3) is 0 Å². The molecule has 2 heteroatoms. The predicted molar refractivity (Wildman–Crippen MR) is 46.3 cm³/mol. The van der Waals surface area contributed by atoms with Crippen LogP contribution in [0, 0.1) is 11.3 Å². The van der Waals surface area contributed by atoms with E-state index in [9.17, 15) is 0 Å². The molecule has 11 heavy (non-hydrogen) atoms. The Morgan fingerprint density at radius 1 is 1.55 bits per heavy atom. The fourth-order valence-corrected chi connectivity index (χ4v) is 2.36. The minimum atomic E-state index is 0.499. The summed E-state index contributed by atoms with van der Waals surface area (Å²) in [4.78, 5) is 2.42. The molecule has 1 saturated carbocycles. The summed E-state index contributed by atoms with van der Waals surface area (Å²) in [5.74, 6) is 0.877. The van der Waals surface area contributed by atoms with Gasteiger partial charge in [-0.1, -0.05) is 6.92 Å². The van der Waals surface area contributed by atoms with Gasteiger partial charge >= 0.3 is 0 Å². The molecular formula is C9H18N2. The molecule has 1 heterocycles. The van der Waals surface area contributed by atoms with E-state index in [0.29, 0.717) is 11.5 Å². The summed E-state index contributed by atoms with van der Waals surface area (Å²) in [5, 5.41) is 0. The maximum atomic E-state index is 5.91. The van der Waals surface area contributed by atoms with Crippen molar-refractivity contribution in [2.75, 3.05) is 20.1 Å². The highest BCUT2D eigenvalue weighted by Gasteiger charge is 2.53. The molecule has 0 bridgehead atoms. The van der Waals surface area contributed by atoms with Crippen molar-refractivity contribution in [3.8, 4) is 0 Å². The van der Waals surface area contributed by atoms with Gasteiger partial charge in [0.1, 0.15) is 0 Å². The third-order valence-corrected chi connectivity index (χ3v) is 3.67. The van der Waals surface area contributed by atoms with Crippen LogP contribution in [0.1, 0.15) is 19.8 Å². The zero-order chi connectivity index (χ0) is 8.06. The molecule has 1 aliphatic carbocycles. The van der Waals surface area contributed by atoms with Crippen molar-refractivity contribution in [1.29, 1.82) is 0 Å². The molecule has 2 fully saturated rings. The molecule has 0 amide bonds. The quantitative estimate of drug-likeness (QED) is 0.601. The predicted octanol–water partition coefficient (Wildman–Crippen LogP) is 0.675. The first-order valence-electron chi connectivity index (χ1n) is 4.57. The molecule has 2 aliphatic rings. The first-order valence-corrected chi connectivity index (χ1v) is 4.57. The molecule has 0 radical (unpaired) electrons. The van der Waals surface area contributed by atoms with Crippen LogP contribution in [0.3, 0.4) is 0 Å². The van der Waals surface area contributed by atoms with Gasteiger partial charge in [-0.3, -0.25) is 0 Å². The lowest BCUT2D eigenvalue weighted by molar-refractivity contribution is 0.312. The summed E-state index contributed by atoms with van der Waals surface area (Å²) >= 11 is 0. The number of nitrogens with two attached hydrogens (primary N) is 1. The molecule has 0 aromatic rings. The van der Waals surface area contributed by atoms with Crippen molar-refractivity contribution < 1.29 is 0 Å². The van der Waals surface area contributed by atoms with E-state index in [1.54, 1.807) is 0 Å². The number of rotatable bonds is 1. The van der Waals surface area contributed by atoms with E-state index in [4.69, 9.17) is 5.73 Å². The monoisotopic (exact) mass is 154 g/mol. The van der Waals surface area contributed by atoms with E-state index in [2.05, 4.69) is 18.9 Å². The number of nitrogens with zero attached hydrogens (tertiary/aromatic N) is 1. The largest absolute Gasteiger partial charge is 0.327 e.